The van der Waals surface area contributed by atoms with Crippen LogP contribution in [0.1, 0.15) is 49.8 Å². The Kier molecular flexibility index (Phi) is 4.09. The zero-order valence-electron chi connectivity index (χ0n) is 16.4. The number of benzene rings is 2. The van der Waals surface area contributed by atoms with E-state index in [0.29, 0.717) is 0 Å². The van der Waals surface area contributed by atoms with Crippen LogP contribution in [0.25, 0.3) is 22.2 Å². The Morgan fingerprint density at radius 3 is 2.50 bits per heavy atom. The molecular formula is C24H26N4. The van der Waals surface area contributed by atoms with Gasteiger partial charge in [0.05, 0.1) is 23.5 Å². The highest BCUT2D eigenvalue weighted by molar-refractivity contribution is 5.85. The molecule has 3 N–H and O–H groups in total. The lowest BCUT2D eigenvalue weighted by Gasteiger charge is -2.41. The maximum absolute atomic E-state index is 4.76. The summed E-state index contributed by atoms with van der Waals surface area (Å²) in [6, 6.07) is 19.2. The molecule has 0 amide bonds. The molecule has 0 fully saturated rings. The molecule has 0 saturated carbocycles. The van der Waals surface area contributed by atoms with E-state index < -0.39 is 0 Å². The molecule has 1 aliphatic heterocycles. The minimum Gasteiger partial charge on any atom is -0.357 e. The molecule has 1 atom stereocenters. The molecule has 2 aromatic heterocycles. The van der Waals surface area contributed by atoms with Gasteiger partial charge in [0.2, 0.25) is 0 Å². The fourth-order valence-electron chi connectivity index (χ4n) is 4.73. The number of aromatic amines is 2. The molecule has 0 saturated heterocycles. The van der Waals surface area contributed by atoms with Crippen molar-refractivity contribution in [2.75, 3.05) is 0 Å². The molecule has 5 rings (SSSR count). The van der Waals surface area contributed by atoms with E-state index in [0.717, 1.165) is 30.8 Å². The van der Waals surface area contributed by atoms with Crippen molar-refractivity contribution in [2.24, 2.45) is 0 Å². The molecule has 0 aliphatic carbocycles. The third kappa shape index (κ3) is 2.60. The van der Waals surface area contributed by atoms with Crippen LogP contribution in [-0.2, 0) is 12.0 Å². The Balaban J connectivity index is 1.59. The van der Waals surface area contributed by atoms with Crippen LogP contribution in [0.15, 0.2) is 60.8 Å². The van der Waals surface area contributed by atoms with Gasteiger partial charge in [-0.15, -0.1) is 0 Å². The second-order valence-electron chi connectivity index (χ2n) is 7.76. The molecule has 0 radical (unpaired) electrons. The van der Waals surface area contributed by atoms with Gasteiger partial charge in [-0.1, -0.05) is 62.4 Å². The smallest absolute Gasteiger partial charge is 0.124 e. The summed E-state index contributed by atoms with van der Waals surface area (Å²) in [5.74, 6) is 1.01. The van der Waals surface area contributed by atoms with E-state index in [2.05, 4.69) is 77.7 Å². The molecule has 0 spiro atoms. The van der Waals surface area contributed by atoms with Crippen LogP contribution in [0, 0.1) is 0 Å². The SMILES string of the molecule is CCC1(CC)NC(c2ncc(-c3ccccc3)[nH]2)Cc2c1[nH]c1ccccc21. The van der Waals surface area contributed by atoms with Gasteiger partial charge in [0.25, 0.3) is 0 Å². The lowest BCUT2D eigenvalue weighted by Crippen LogP contribution is -2.48. The number of H-pyrrole nitrogens is 2. The normalized spacial score (nSPS) is 18.3. The van der Waals surface area contributed by atoms with Gasteiger partial charge in [-0.2, -0.15) is 0 Å². The zero-order chi connectivity index (χ0) is 19.1. The van der Waals surface area contributed by atoms with E-state index in [1.165, 1.54) is 27.7 Å². The standard InChI is InChI=1S/C24H26N4/c1-3-24(4-2)22-18(17-12-8-9-13-19(17)26-22)14-20(28-24)23-25-15-21(27-23)16-10-6-5-7-11-16/h5-13,15,20,26,28H,3-4,14H2,1-2H3,(H,25,27). The van der Waals surface area contributed by atoms with Crippen molar-refractivity contribution in [1.82, 2.24) is 20.3 Å². The summed E-state index contributed by atoms with van der Waals surface area (Å²) in [4.78, 5) is 12.1. The summed E-state index contributed by atoms with van der Waals surface area (Å²) < 4.78 is 0. The summed E-state index contributed by atoms with van der Waals surface area (Å²) in [5.41, 5.74) is 6.19. The van der Waals surface area contributed by atoms with Gasteiger partial charge in [-0.25, -0.2) is 4.98 Å². The first kappa shape index (κ1) is 17.3. The highest BCUT2D eigenvalue weighted by atomic mass is 15.1. The van der Waals surface area contributed by atoms with Gasteiger partial charge in [-0.3, -0.25) is 5.32 Å². The second-order valence-corrected chi connectivity index (χ2v) is 7.76. The van der Waals surface area contributed by atoms with Crippen molar-refractivity contribution >= 4 is 10.9 Å². The Hall–Kier alpha value is -2.85. The first-order valence-corrected chi connectivity index (χ1v) is 10.2. The highest BCUT2D eigenvalue weighted by Crippen LogP contribution is 2.42. The van der Waals surface area contributed by atoms with Crippen molar-refractivity contribution in [3.63, 3.8) is 0 Å². The molecule has 4 aromatic rings. The molecule has 4 heteroatoms. The first-order chi connectivity index (χ1) is 13.7. The molecule has 142 valence electrons. The van der Waals surface area contributed by atoms with Crippen molar-refractivity contribution in [3.05, 3.63) is 77.9 Å². The maximum Gasteiger partial charge on any atom is 0.124 e. The lowest BCUT2D eigenvalue weighted by molar-refractivity contribution is 0.237. The molecule has 3 heterocycles. The number of nitrogens with one attached hydrogen (secondary N) is 3. The van der Waals surface area contributed by atoms with Crippen LogP contribution >= 0.6 is 0 Å². The minimum atomic E-state index is -0.0586. The van der Waals surface area contributed by atoms with Gasteiger partial charge in [0.15, 0.2) is 0 Å². The van der Waals surface area contributed by atoms with Crippen LogP contribution in [0.5, 0.6) is 0 Å². The van der Waals surface area contributed by atoms with Gasteiger partial charge >= 0.3 is 0 Å². The van der Waals surface area contributed by atoms with Gasteiger partial charge in [0, 0.05) is 16.6 Å². The summed E-state index contributed by atoms with van der Waals surface area (Å²) in [6.07, 6.45) is 4.96. The molecule has 4 nitrogen and oxygen atoms in total. The monoisotopic (exact) mass is 370 g/mol. The second kappa shape index (κ2) is 6.64. The van der Waals surface area contributed by atoms with Crippen LogP contribution in [0.2, 0.25) is 0 Å². The number of imidazole rings is 1. The van der Waals surface area contributed by atoms with Crippen molar-refractivity contribution in [2.45, 2.75) is 44.7 Å². The lowest BCUT2D eigenvalue weighted by atomic mass is 9.80. The number of fused-ring (bicyclic) bond motifs is 3. The van der Waals surface area contributed by atoms with Crippen molar-refractivity contribution in [3.8, 4) is 11.3 Å². The summed E-state index contributed by atoms with van der Waals surface area (Å²) in [6.45, 7) is 4.54. The van der Waals surface area contributed by atoms with Gasteiger partial charge < -0.3 is 9.97 Å². The minimum absolute atomic E-state index is 0.0586. The van der Waals surface area contributed by atoms with Crippen LogP contribution in [-0.4, -0.2) is 15.0 Å². The third-order valence-corrected chi connectivity index (χ3v) is 6.37. The van der Waals surface area contributed by atoms with E-state index >= 15 is 0 Å². The number of hydrogen-bond acceptors (Lipinski definition) is 2. The number of para-hydroxylation sites is 1. The quantitative estimate of drug-likeness (QED) is 0.447. The largest absolute Gasteiger partial charge is 0.357 e. The van der Waals surface area contributed by atoms with Crippen LogP contribution < -0.4 is 5.32 Å². The van der Waals surface area contributed by atoms with E-state index in [1.807, 2.05) is 12.3 Å². The number of rotatable bonds is 4. The number of aromatic nitrogens is 3. The topological polar surface area (TPSA) is 56.5 Å². The fourth-order valence-corrected chi connectivity index (χ4v) is 4.73. The Morgan fingerprint density at radius 2 is 1.71 bits per heavy atom. The average molecular weight is 371 g/mol. The number of nitrogens with zero attached hydrogens (tertiary/aromatic N) is 1. The Bertz CT molecular complexity index is 1100. The molecule has 0 bridgehead atoms. The van der Waals surface area contributed by atoms with E-state index in [1.54, 1.807) is 0 Å². The van der Waals surface area contributed by atoms with Gasteiger partial charge in [0.1, 0.15) is 5.82 Å². The molecule has 28 heavy (non-hydrogen) atoms. The van der Waals surface area contributed by atoms with E-state index in [4.69, 9.17) is 4.98 Å². The van der Waals surface area contributed by atoms with Crippen molar-refractivity contribution < 1.29 is 0 Å². The van der Waals surface area contributed by atoms with E-state index in [-0.39, 0.29) is 11.6 Å². The molecule has 1 unspecified atom stereocenters. The number of hydrogen-bond donors (Lipinski definition) is 3. The Morgan fingerprint density at radius 1 is 0.964 bits per heavy atom. The third-order valence-electron chi connectivity index (χ3n) is 6.37. The summed E-state index contributed by atoms with van der Waals surface area (Å²) in [7, 11) is 0. The summed E-state index contributed by atoms with van der Waals surface area (Å²) in [5, 5.41) is 5.28. The maximum atomic E-state index is 4.76. The average Bonchev–Trinajstić information content (AvgIpc) is 3.39. The van der Waals surface area contributed by atoms with Crippen LogP contribution in [0.4, 0.5) is 0 Å². The highest BCUT2D eigenvalue weighted by Gasteiger charge is 2.40. The van der Waals surface area contributed by atoms with E-state index in [9.17, 15) is 0 Å². The molecule has 1 aliphatic rings. The summed E-state index contributed by atoms with van der Waals surface area (Å²) >= 11 is 0. The predicted octanol–water partition coefficient (Wildman–Crippen LogP) is 5.46. The Labute approximate surface area is 165 Å². The van der Waals surface area contributed by atoms with Crippen molar-refractivity contribution in [1.29, 1.82) is 0 Å². The zero-order valence-corrected chi connectivity index (χ0v) is 16.4. The fraction of sp³-hybridized carbons (Fsp3) is 0.292. The first-order valence-electron chi connectivity index (χ1n) is 10.2. The molecular weight excluding hydrogens is 344 g/mol. The predicted molar refractivity (Wildman–Crippen MR) is 114 cm³/mol. The van der Waals surface area contributed by atoms with Crippen LogP contribution in [0.3, 0.4) is 0 Å². The molecule has 2 aromatic carbocycles. The van der Waals surface area contributed by atoms with Gasteiger partial charge in [-0.05, 0) is 36.5 Å².